The number of esters is 1. The van der Waals surface area contributed by atoms with Crippen molar-refractivity contribution >= 4 is 5.97 Å². The van der Waals surface area contributed by atoms with Gasteiger partial charge in [-0.15, -0.1) is 0 Å². The minimum Gasteiger partial charge on any atom is -0.468 e. The first-order chi connectivity index (χ1) is 9.04. The molecule has 0 aromatic rings. The SMILES string of the molecule is CCOCC(C)OCCC1CCCC1(N)C(=O)OC. The fourth-order valence-electron chi connectivity index (χ4n) is 2.71. The molecule has 2 N–H and O–H groups in total. The molecule has 1 aliphatic carbocycles. The highest BCUT2D eigenvalue weighted by atomic mass is 16.5. The average Bonchev–Trinajstić information content (AvgIpc) is 2.78. The van der Waals surface area contributed by atoms with Gasteiger partial charge >= 0.3 is 5.97 Å². The van der Waals surface area contributed by atoms with Gasteiger partial charge in [0.15, 0.2) is 0 Å². The van der Waals surface area contributed by atoms with Crippen LogP contribution in [-0.4, -0.2) is 44.5 Å². The lowest BCUT2D eigenvalue weighted by Gasteiger charge is -2.28. The number of nitrogens with two attached hydrogens (primary N) is 1. The molecule has 19 heavy (non-hydrogen) atoms. The highest BCUT2D eigenvalue weighted by molar-refractivity contribution is 5.81. The lowest BCUT2D eigenvalue weighted by atomic mass is 9.86. The van der Waals surface area contributed by atoms with Gasteiger partial charge in [0.05, 0.1) is 19.8 Å². The summed E-state index contributed by atoms with van der Waals surface area (Å²) >= 11 is 0. The van der Waals surface area contributed by atoms with Crippen molar-refractivity contribution in [3.8, 4) is 0 Å². The van der Waals surface area contributed by atoms with Gasteiger partial charge in [0.25, 0.3) is 0 Å². The normalized spacial score (nSPS) is 28.3. The Morgan fingerprint density at radius 1 is 1.53 bits per heavy atom. The Morgan fingerprint density at radius 3 is 2.89 bits per heavy atom. The summed E-state index contributed by atoms with van der Waals surface area (Å²) in [5.74, 6) is -0.142. The number of hydrogen-bond donors (Lipinski definition) is 1. The fourth-order valence-corrected chi connectivity index (χ4v) is 2.71. The van der Waals surface area contributed by atoms with Gasteiger partial charge in [-0.3, -0.25) is 4.79 Å². The predicted octanol–water partition coefficient (Wildman–Crippen LogP) is 1.49. The fraction of sp³-hybridized carbons (Fsp3) is 0.929. The molecule has 5 nitrogen and oxygen atoms in total. The van der Waals surface area contributed by atoms with E-state index in [9.17, 15) is 4.79 Å². The maximum Gasteiger partial charge on any atom is 0.326 e. The maximum absolute atomic E-state index is 11.8. The van der Waals surface area contributed by atoms with Gasteiger partial charge in [0.2, 0.25) is 0 Å². The second kappa shape index (κ2) is 7.82. The molecule has 1 rings (SSSR count). The first kappa shape index (κ1) is 16.4. The molecule has 3 atom stereocenters. The number of hydrogen-bond acceptors (Lipinski definition) is 5. The number of methoxy groups -OCH3 is 1. The van der Waals surface area contributed by atoms with Crippen LogP contribution in [0.2, 0.25) is 0 Å². The Labute approximate surface area is 115 Å². The lowest BCUT2D eigenvalue weighted by Crippen LogP contribution is -2.52. The van der Waals surface area contributed by atoms with Gasteiger partial charge < -0.3 is 19.9 Å². The molecule has 0 aliphatic heterocycles. The number of carbonyl (C=O) groups is 1. The molecule has 0 saturated heterocycles. The smallest absolute Gasteiger partial charge is 0.326 e. The summed E-state index contributed by atoms with van der Waals surface area (Å²) in [6.07, 6.45) is 3.52. The zero-order valence-electron chi connectivity index (χ0n) is 12.3. The van der Waals surface area contributed by atoms with Gasteiger partial charge in [-0.2, -0.15) is 0 Å². The van der Waals surface area contributed by atoms with Crippen LogP contribution in [0.3, 0.4) is 0 Å². The molecule has 0 aromatic carbocycles. The van der Waals surface area contributed by atoms with Gasteiger partial charge in [0, 0.05) is 13.2 Å². The summed E-state index contributed by atoms with van der Waals surface area (Å²) in [7, 11) is 1.40. The van der Waals surface area contributed by atoms with Crippen molar-refractivity contribution in [2.75, 3.05) is 26.9 Å². The molecule has 0 bridgehead atoms. The van der Waals surface area contributed by atoms with Crippen molar-refractivity contribution < 1.29 is 19.0 Å². The molecule has 3 unspecified atom stereocenters. The number of ether oxygens (including phenoxy) is 3. The number of carbonyl (C=O) groups excluding carboxylic acids is 1. The quantitative estimate of drug-likeness (QED) is 0.678. The Kier molecular flexibility index (Phi) is 6.75. The highest BCUT2D eigenvalue weighted by Crippen LogP contribution is 2.36. The van der Waals surface area contributed by atoms with Gasteiger partial charge in [-0.05, 0) is 39.0 Å². The molecular formula is C14H27NO4. The highest BCUT2D eigenvalue weighted by Gasteiger charge is 2.46. The van der Waals surface area contributed by atoms with E-state index in [1.165, 1.54) is 7.11 Å². The third-order valence-electron chi connectivity index (χ3n) is 3.86. The van der Waals surface area contributed by atoms with E-state index < -0.39 is 5.54 Å². The van der Waals surface area contributed by atoms with Crippen LogP contribution >= 0.6 is 0 Å². The summed E-state index contributed by atoms with van der Waals surface area (Å²) in [5.41, 5.74) is 5.38. The van der Waals surface area contributed by atoms with Crippen LogP contribution in [0, 0.1) is 5.92 Å². The third kappa shape index (κ3) is 4.44. The van der Waals surface area contributed by atoms with Crippen LogP contribution in [-0.2, 0) is 19.0 Å². The van der Waals surface area contributed by atoms with Crippen molar-refractivity contribution in [3.63, 3.8) is 0 Å². The van der Waals surface area contributed by atoms with E-state index in [0.717, 1.165) is 19.3 Å². The van der Waals surface area contributed by atoms with Crippen molar-refractivity contribution in [2.45, 2.75) is 51.2 Å². The summed E-state index contributed by atoms with van der Waals surface area (Å²) < 4.78 is 15.8. The third-order valence-corrected chi connectivity index (χ3v) is 3.86. The summed E-state index contributed by atoms with van der Waals surface area (Å²) in [6, 6.07) is 0. The molecule has 0 amide bonds. The van der Waals surface area contributed by atoms with Crippen LogP contribution in [0.4, 0.5) is 0 Å². The maximum atomic E-state index is 11.8. The molecule has 0 spiro atoms. The zero-order chi connectivity index (χ0) is 14.3. The van der Waals surface area contributed by atoms with Crippen molar-refractivity contribution in [3.05, 3.63) is 0 Å². The molecule has 0 radical (unpaired) electrons. The van der Waals surface area contributed by atoms with Gasteiger partial charge in [-0.25, -0.2) is 0 Å². The topological polar surface area (TPSA) is 70.8 Å². The Morgan fingerprint density at radius 2 is 2.26 bits per heavy atom. The Bertz CT molecular complexity index is 285. The second-order valence-electron chi connectivity index (χ2n) is 5.25. The van der Waals surface area contributed by atoms with Crippen molar-refractivity contribution in [2.24, 2.45) is 11.7 Å². The summed E-state index contributed by atoms with van der Waals surface area (Å²) in [6.45, 7) is 5.86. The van der Waals surface area contributed by atoms with E-state index in [1.807, 2.05) is 13.8 Å². The largest absolute Gasteiger partial charge is 0.468 e. The first-order valence-electron chi connectivity index (χ1n) is 7.11. The van der Waals surface area contributed by atoms with E-state index in [1.54, 1.807) is 0 Å². The summed E-state index contributed by atoms with van der Waals surface area (Å²) in [4.78, 5) is 11.8. The lowest BCUT2D eigenvalue weighted by molar-refractivity contribution is -0.148. The molecule has 5 heteroatoms. The van der Waals surface area contributed by atoms with Crippen LogP contribution < -0.4 is 5.73 Å². The van der Waals surface area contributed by atoms with E-state index in [4.69, 9.17) is 19.9 Å². The predicted molar refractivity (Wildman–Crippen MR) is 72.8 cm³/mol. The molecule has 1 saturated carbocycles. The Hall–Kier alpha value is -0.650. The Balaban J connectivity index is 2.34. The van der Waals surface area contributed by atoms with Crippen LogP contribution in [0.25, 0.3) is 0 Å². The van der Waals surface area contributed by atoms with Crippen molar-refractivity contribution in [1.82, 2.24) is 0 Å². The van der Waals surface area contributed by atoms with Crippen molar-refractivity contribution in [1.29, 1.82) is 0 Å². The van der Waals surface area contributed by atoms with E-state index >= 15 is 0 Å². The minimum atomic E-state index is -0.818. The number of rotatable bonds is 8. The molecule has 1 aliphatic rings. The van der Waals surface area contributed by atoms with E-state index in [0.29, 0.717) is 26.2 Å². The van der Waals surface area contributed by atoms with Gasteiger partial charge in [-0.1, -0.05) is 6.42 Å². The van der Waals surface area contributed by atoms with E-state index in [2.05, 4.69) is 0 Å². The van der Waals surface area contributed by atoms with Crippen LogP contribution in [0.5, 0.6) is 0 Å². The standard InChI is InChI=1S/C14H27NO4/c1-4-18-10-11(2)19-9-7-12-6-5-8-14(12,15)13(16)17-3/h11-12H,4-10,15H2,1-3H3. The van der Waals surface area contributed by atoms with E-state index in [-0.39, 0.29) is 18.0 Å². The molecule has 112 valence electrons. The average molecular weight is 273 g/mol. The molecular weight excluding hydrogens is 246 g/mol. The van der Waals surface area contributed by atoms with Crippen LogP contribution in [0.15, 0.2) is 0 Å². The summed E-state index contributed by atoms with van der Waals surface area (Å²) in [5, 5.41) is 0. The zero-order valence-corrected chi connectivity index (χ0v) is 12.3. The first-order valence-corrected chi connectivity index (χ1v) is 7.11. The van der Waals surface area contributed by atoms with Crippen LogP contribution in [0.1, 0.15) is 39.5 Å². The molecule has 0 heterocycles. The molecule has 0 aromatic heterocycles. The monoisotopic (exact) mass is 273 g/mol. The second-order valence-corrected chi connectivity index (χ2v) is 5.25. The molecule has 1 fully saturated rings. The minimum absolute atomic E-state index is 0.0756. The van der Waals surface area contributed by atoms with Gasteiger partial charge in [0.1, 0.15) is 5.54 Å².